The largest absolute Gasteiger partial charge is 0.294 e. The second kappa shape index (κ2) is 4.45. The van der Waals surface area contributed by atoms with Gasteiger partial charge in [-0.15, -0.1) is 0 Å². The molecule has 0 N–H and O–H groups in total. The SMILES string of the molecule is Cc1ccc(C(=O)C2CCCC2(C)C)c(F)c1F. The number of aryl methyl sites for hydroxylation is 1. The molecule has 1 aromatic carbocycles. The second-order valence-corrected chi connectivity index (χ2v) is 5.86. The predicted molar refractivity (Wildman–Crippen MR) is 66.5 cm³/mol. The third-order valence-corrected chi connectivity index (χ3v) is 4.11. The van der Waals surface area contributed by atoms with Crippen molar-refractivity contribution in [3.8, 4) is 0 Å². The maximum Gasteiger partial charge on any atom is 0.169 e. The Bertz CT molecular complexity index is 492. The van der Waals surface area contributed by atoms with Crippen LogP contribution in [-0.2, 0) is 0 Å². The number of benzene rings is 1. The van der Waals surface area contributed by atoms with Gasteiger partial charge in [-0.05, 0) is 36.8 Å². The minimum atomic E-state index is -0.997. The van der Waals surface area contributed by atoms with Crippen LogP contribution in [0.25, 0.3) is 0 Å². The van der Waals surface area contributed by atoms with Crippen LogP contribution in [0.15, 0.2) is 12.1 Å². The summed E-state index contributed by atoms with van der Waals surface area (Å²) in [4.78, 5) is 12.3. The quantitative estimate of drug-likeness (QED) is 0.718. The Balaban J connectivity index is 2.38. The lowest BCUT2D eigenvalue weighted by molar-refractivity contribution is 0.0833. The molecule has 0 aliphatic heterocycles. The van der Waals surface area contributed by atoms with Crippen molar-refractivity contribution in [2.75, 3.05) is 0 Å². The number of hydrogen-bond donors (Lipinski definition) is 0. The van der Waals surface area contributed by atoms with E-state index >= 15 is 0 Å². The van der Waals surface area contributed by atoms with Crippen molar-refractivity contribution in [2.24, 2.45) is 11.3 Å². The summed E-state index contributed by atoms with van der Waals surface area (Å²) in [6.45, 7) is 5.53. The van der Waals surface area contributed by atoms with Crippen LogP contribution in [0.3, 0.4) is 0 Å². The molecular weight excluding hydrogens is 234 g/mol. The van der Waals surface area contributed by atoms with Gasteiger partial charge in [-0.1, -0.05) is 26.3 Å². The molecule has 0 spiro atoms. The van der Waals surface area contributed by atoms with Crippen LogP contribution in [0.1, 0.15) is 49.0 Å². The topological polar surface area (TPSA) is 17.1 Å². The highest BCUT2D eigenvalue weighted by atomic mass is 19.2. The molecule has 1 atom stereocenters. The van der Waals surface area contributed by atoms with Gasteiger partial charge in [0.25, 0.3) is 0 Å². The summed E-state index contributed by atoms with van der Waals surface area (Å²) >= 11 is 0. The van der Waals surface area contributed by atoms with Crippen molar-refractivity contribution < 1.29 is 13.6 Å². The Kier molecular flexibility index (Phi) is 3.26. The average Bonchev–Trinajstić information content (AvgIpc) is 2.65. The highest BCUT2D eigenvalue weighted by Gasteiger charge is 2.40. The van der Waals surface area contributed by atoms with E-state index in [1.54, 1.807) is 0 Å². The normalized spacial score (nSPS) is 22.2. The molecular formula is C15H18F2O. The van der Waals surface area contributed by atoms with Gasteiger partial charge < -0.3 is 0 Å². The monoisotopic (exact) mass is 252 g/mol. The standard InChI is InChI=1S/C15H18F2O/c1-9-6-7-10(13(17)12(9)16)14(18)11-5-4-8-15(11,2)3/h6-7,11H,4-5,8H2,1-3H3. The Morgan fingerprint density at radius 2 is 1.94 bits per heavy atom. The summed E-state index contributed by atoms with van der Waals surface area (Å²) in [5, 5.41) is 0. The molecule has 0 aromatic heterocycles. The van der Waals surface area contributed by atoms with Crippen LogP contribution in [0.2, 0.25) is 0 Å². The van der Waals surface area contributed by atoms with Gasteiger partial charge in [0.1, 0.15) is 0 Å². The summed E-state index contributed by atoms with van der Waals surface area (Å²) in [6, 6.07) is 2.87. The van der Waals surface area contributed by atoms with Crippen molar-refractivity contribution in [3.05, 3.63) is 34.9 Å². The van der Waals surface area contributed by atoms with Gasteiger partial charge in [-0.25, -0.2) is 8.78 Å². The number of ketones is 1. The Morgan fingerprint density at radius 3 is 2.50 bits per heavy atom. The molecule has 1 aromatic rings. The van der Waals surface area contributed by atoms with E-state index in [-0.39, 0.29) is 28.2 Å². The van der Waals surface area contributed by atoms with E-state index < -0.39 is 11.6 Å². The molecule has 1 nitrogen and oxygen atoms in total. The van der Waals surface area contributed by atoms with Gasteiger partial charge in [0.2, 0.25) is 0 Å². The van der Waals surface area contributed by atoms with Crippen molar-refractivity contribution in [2.45, 2.75) is 40.0 Å². The Labute approximate surface area is 106 Å². The van der Waals surface area contributed by atoms with Gasteiger partial charge in [0.05, 0.1) is 5.56 Å². The number of rotatable bonds is 2. The smallest absolute Gasteiger partial charge is 0.169 e. The van der Waals surface area contributed by atoms with Crippen molar-refractivity contribution >= 4 is 5.78 Å². The van der Waals surface area contributed by atoms with Crippen LogP contribution in [-0.4, -0.2) is 5.78 Å². The lowest BCUT2D eigenvalue weighted by Gasteiger charge is -2.25. The summed E-state index contributed by atoms with van der Waals surface area (Å²) < 4.78 is 27.3. The first-order valence-electron chi connectivity index (χ1n) is 6.33. The minimum Gasteiger partial charge on any atom is -0.294 e. The molecule has 1 fully saturated rings. The fourth-order valence-electron chi connectivity index (χ4n) is 2.84. The zero-order valence-corrected chi connectivity index (χ0v) is 11.0. The minimum absolute atomic E-state index is 0.0990. The molecule has 0 heterocycles. The number of carbonyl (C=O) groups is 1. The first kappa shape index (κ1) is 13.2. The van der Waals surface area contributed by atoms with Crippen LogP contribution in [0, 0.1) is 29.9 Å². The third-order valence-electron chi connectivity index (χ3n) is 4.11. The molecule has 0 bridgehead atoms. The molecule has 1 aliphatic rings. The molecule has 0 saturated heterocycles. The zero-order valence-electron chi connectivity index (χ0n) is 11.0. The fourth-order valence-corrected chi connectivity index (χ4v) is 2.84. The maximum absolute atomic E-state index is 13.8. The predicted octanol–water partition coefficient (Wildman–Crippen LogP) is 4.28. The highest BCUT2D eigenvalue weighted by Crippen LogP contribution is 2.44. The van der Waals surface area contributed by atoms with E-state index in [4.69, 9.17) is 0 Å². The summed E-state index contributed by atoms with van der Waals surface area (Å²) in [5.74, 6) is -2.36. The fraction of sp³-hybridized carbons (Fsp3) is 0.533. The first-order valence-corrected chi connectivity index (χ1v) is 6.33. The molecule has 1 saturated carbocycles. The van der Waals surface area contributed by atoms with Gasteiger partial charge in [-0.2, -0.15) is 0 Å². The lowest BCUT2D eigenvalue weighted by Crippen LogP contribution is -2.26. The maximum atomic E-state index is 13.8. The zero-order chi connectivity index (χ0) is 13.5. The van der Waals surface area contributed by atoms with Crippen LogP contribution in [0.4, 0.5) is 8.78 Å². The summed E-state index contributed by atoms with van der Waals surface area (Å²) in [7, 11) is 0. The van der Waals surface area contributed by atoms with E-state index in [9.17, 15) is 13.6 Å². The van der Waals surface area contributed by atoms with Crippen molar-refractivity contribution in [1.29, 1.82) is 0 Å². The number of Topliss-reactive ketones (excluding diaryl/α,β-unsaturated/α-hetero) is 1. The van der Waals surface area contributed by atoms with E-state index in [1.807, 2.05) is 13.8 Å². The molecule has 2 rings (SSSR count). The summed E-state index contributed by atoms with van der Waals surface area (Å²) in [6.07, 6.45) is 2.69. The first-order chi connectivity index (χ1) is 8.34. The molecule has 3 heteroatoms. The second-order valence-electron chi connectivity index (χ2n) is 5.86. The lowest BCUT2D eigenvalue weighted by atomic mass is 9.77. The van der Waals surface area contributed by atoms with Gasteiger partial charge >= 0.3 is 0 Å². The van der Waals surface area contributed by atoms with Crippen molar-refractivity contribution in [3.63, 3.8) is 0 Å². The van der Waals surface area contributed by atoms with E-state index in [0.717, 1.165) is 19.3 Å². The van der Waals surface area contributed by atoms with E-state index in [0.29, 0.717) is 0 Å². The number of halogens is 2. The molecule has 0 amide bonds. The molecule has 18 heavy (non-hydrogen) atoms. The van der Waals surface area contributed by atoms with E-state index in [1.165, 1.54) is 19.1 Å². The molecule has 0 radical (unpaired) electrons. The molecule has 1 aliphatic carbocycles. The molecule has 98 valence electrons. The van der Waals surface area contributed by atoms with Crippen LogP contribution >= 0.6 is 0 Å². The Morgan fingerprint density at radius 1 is 1.28 bits per heavy atom. The van der Waals surface area contributed by atoms with Crippen molar-refractivity contribution in [1.82, 2.24) is 0 Å². The van der Waals surface area contributed by atoms with Crippen LogP contribution in [0.5, 0.6) is 0 Å². The highest BCUT2D eigenvalue weighted by molar-refractivity contribution is 5.98. The summed E-state index contributed by atoms with van der Waals surface area (Å²) in [5.41, 5.74) is 0.0121. The van der Waals surface area contributed by atoms with Crippen LogP contribution < -0.4 is 0 Å². The van der Waals surface area contributed by atoms with Gasteiger partial charge in [0.15, 0.2) is 17.4 Å². The number of carbonyl (C=O) groups excluding carboxylic acids is 1. The Hall–Kier alpha value is -1.25. The van der Waals surface area contributed by atoms with Gasteiger partial charge in [-0.3, -0.25) is 4.79 Å². The number of hydrogen-bond acceptors (Lipinski definition) is 1. The van der Waals surface area contributed by atoms with E-state index in [2.05, 4.69) is 0 Å². The third kappa shape index (κ3) is 2.06. The molecule has 1 unspecified atom stereocenters. The van der Waals surface area contributed by atoms with Gasteiger partial charge in [0, 0.05) is 5.92 Å². The average molecular weight is 252 g/mol.